The normalized spacial score (nSPS) is 9.54. The number of nitrogen functional groups attached to an aromatic ring is 1. The summed E-state index contributed by atoms with van der Waals surface area (Å²) in [6.45, 7) is -0.677. The van der Waals surface area contributed by atoms with Crippen LogP contribution in [-0.4, -0.2) is 17.3 Å². The van der Waals surface area contributed by atoms with Crippen LogP contribution in [0.4, 0.5) is 5.69 Å². The molecule has 1 aromatic carbocycles. The molecule has 0 atom stereocenters. The number of benzene rings is 1. The number of ketones is 1. The highest BCUT2D eigenvalue weighted by molar-refractivity contribution is 5.97. The zero-order chi connectivity index (χ0) is 9.84. The molecule has 68 valence electrons. The number of carbonyl (C=O) groups excluding carboxylic acids is 1. The first-order valence-corrected chi connectivity index (χ1v) is 3.60. The Morgan fingerprint density at radius 1 is 1.38 bits per heavy atom. The molecular weight excluding hydrogens is 172 g/mol. The van der Waals surface area contributed by atoms with Crippen LogP contribution in [0.5, 0.6) is 0 Å². The number of nitrogens with two attached hydrogens (primary N) is 1. The SMILES string of the molecule is Nc1ccc(C(=O)C[N+](=O)[O-])cc1. The van der Waals surface area contributed by atoms with E-state index < -0.39 is 17.3 Å². The molecule has 0 aliphatic carbocycles. The molecule has 0 radical (unpaired) electrons. The minimum absolute atomic E-state index is 0.311. The molecular formula is C8H8N2O3. The minimum atomic E-state index is -0.677. The van der Waals surface area contributed by atoms with Gasteiger partial charge in [0, 0.05) is 16.2 Å². The summed E-state index contributed by atoms with van der Waals surface area (Å²) in [5, 5.41) is 10.0. The standard InChI is InChI=1S/C8H8N2O3/c9-7-3-1-6(2-4-7)8(11)5-10(12)13/h1-4H,5,9H2. The number of hydrogen-bond acceptors (Lipinski definition) is 4. The zero-order valence-corrected chi connectivity index (χ0v) is 6.77. The lowest BCUT2D eigenvalue weighted by Gasteiger charge is -1.96. The fourth-order valence-electron chi connectivity index (χ4n) is 0.878. The maximum atomic E-state index is 11.1. The molecule has 0 aliphatic heterocycles. The highest BCUT2D eigenvalue weighted by Gasteiger charge is 2.11. The fourth-order valence-corrected chi connectivity index (χ4v) is 0.878. The van der Waals surface area contributed by atoms with Crippen LogP contribution in [-0.2, 0) is 0 Å². The molecule has 2 N–H and O–H groups in total. The molecule has 0 saturated carbocycles. The van der Waals surface area contributed by atoms with E-state index in [1.54, 1.807) is 0 Å². The largest absolute Gasteiger partial charge is 0.399 e. The third-order valence-electron chi connectivity index (χ3n) is 1.51. The predicted octanol–water partition coefficient (Wildman–Crippen LogP) is 0.728. The molecule has 0 heterocycles. The predicted molar refractivity (Wildman–Crippen MR) is 47.0 cm³/mol. The van der Waals surface area contributed by atoms with Crippen LogP contribution in [0.15, 0.2) is 24.3 Å². The molecule has 1 aromatic rings. The lowest BCUT2D eigenvalue weighted by molar-refractivity contribution is -0.465. The van der Waals surface area contributed by atoms with Gasteiger partial charge in [0.05, 0.1) is 0 Å². The number of Topliss-reactive ketones (excluding diaryl/α,β-unsaturated/α-hetero) is 1. The van der Waals surface area contributed by atoms with Crippen molar-refractivity contribution in [2.45, 2.75) is 0 Å². The maximum Gasteiger partial charge on any atom is 0.265 e. The van der Waals surface area contributed by atoms with E-state index in [9.17, 15) is 14.9 Å². The first-order chi connectivity index (χ1) is 6.09. The van der Waals surface area contributed by atoms with E-state index in [4.69, 9.17) is 5.73 Å². The monoisotopic (exact) mass is 180 g/mol. The lowest BCUT2D eigenvalue weighted by atomic mass is 10.1. The summed E-state index contributed by atoms with van der Waals surface area (Å²) in [4.78, 5) is 20.4. The van der Waals surface area contributed by atoms with Gasteiger partial charge in [-0.15, -0.1) is 0 Å². The van der Waals surface area contributed by atoms with E-state index in [-0.39, 0.29) is 0 Å². The van der Waals surface area contributed by atoms with Crippen molar-refractivity contribution in [3.8, 4) is 0 Å². The molecule has 0 unspecified atom stereocenters. The summed E-state index contributed by atoms with van der Waals surface area (Å²) in [5.74, 6) is -0.509. The number of anilines is 1. The average molecular weight is 180 g/mol. The van der Waals surface area contributed by atoms with E-state index in [0.717, 1.165) is 0 Å². The molecule has 0 saturated heterocycles. The van der Waals surface area contributed by atoms with Gasteiger partial charge in [-0.1, -0.05) is 0 Å². The van der Waals surface area contributed by atoms with Crippen LogP contribution in [0.1, 0.15) is 10.4 Å². The van der Waals surface area contributed by atoms with Gasteiger partial charge in [-0.3, -0.25) is 14.9 Å². The molecule has 13 heavy (non-hydrogen) atoms. The Morgan fingerprint density at radius 2 is 1.92 bits per heavy atom. The van der Waals surface area contributed by atoms with E-state index in [1.807, 2.05) is 0 Å². The molecule has 1 rings (SSSR count). The Labute approximate surface area is 74.3 Å². The lowest BCUT2D eigenvalue weighted by Crippen LogP contribution is -2.13. The summed E-state index contributed by atoms with van der Waals surface area (Å²) in [6, 6.07) is 6.02. The van der Waals surface area contributed by atoms with Gasteiger partial charge in [-0.25, -0.2) is 0 Å². The number of carbonyl (C=O) groups is 1. The summed E-state index contributed by atoms with van der Waals surface area (Å²) in [5.41, 5.74) is 6.22. The summed E-state index contributed by atoms with van der Waals surface area (Å²) < 4.78 is 0. The van der Waals surface area contributed by atoms with Crippen molar-refractivity contribution in [3.05, 3.63) is 39.9 Å². The Bertz CT molecular complexity index is 332. The van der Waals surface area contributed by atoms with Gasteiger partial charge in [0.15, 0.2) is 0 Å². The third kappa shape index (κ3) is 2.55. The van der Waals surface area contributed by atoms with Crippen LogP contribution in [0.25, 0.3) is 0 Å². The quantitative estimate of drug-likeness (QED) is 0.321. The van der Waals surface area contributed by atoms with Crippen molar-refractivity contribution in [2.24, 2.45) is 0 Å². The van der Waals surface area contributed by atoms with Crippen molar-refractivity contribution in [1.29, 1.82) is 0 Å². The van der Waals surface area contributed by atoms with E-state index in [1.165, 1.54) is 24.3 Å². The van der Waals surface area contributed by atoms with Crippen molar-refractivity contribution in [1.82, 2.24) is 0 Å². The van der Waals surface area contributed by atoms with Crippen molar-refractivity contribution in [2.75, 3.05) is 12.3 Å². The Kier molecular flexibility index (Phi) is 2.59. The van der Waals surface area contributed by atoms with Crippen LogP contribution in [0.3, 0.4) is 0 Å². The third-order valence-corrected chi connectivity index (χ3v) is 1.51. The molecule has 5 nitrogen and oxygen atoms in total. The smallest absolute Gasteiger partial charge is 0.265 e. The van der Waals surface area contributed by atoms with E-state index >= 15 is 0 Å². The van der Waals surface area contributed by atoms with Crippen molar-refractivity contribution in [3.63, 3.8) is 0 Å². The average Bonchev–Trinajstić information content (AvgIpc) is 2.04. The maximum absolute atomic E-state index is 11.1. The highest BCUT2D eigenvalue weighted by Crippen LogP contribution is 2.05. The van der Waals surface area contributed by atoms with Crippen LogP contribution in [0, 0.1) is 10.1 Å². The van der Waals surface area contributed by atoms with Crippen LogP contribution in [0.2, 0.25) is 0 Å². The van der Waals surface area contributed by atoms with Gasteiger partial charge in [-0.2, -0.15) is 0 Å². The van der Waals surface area contributed by atoms with Gasteiger partial charge in [0.2, 0.25) is 5.78 Å². The second-order valence-corrected chi connectivity index (χ2v) is 2.54. The number of hydrogen-bond donors (Lipinski definition) is 1. The van der Waals surface area contributed by atoms with E-state index in [0.29, 0.717) is 11.3 Å². The second-order valence-electron chi connectivity index (χ2n) is 2.54. The van der Waals surface area contributed by atoms with Gasteiger partial charge in [-0.05, 0) is 24.3 Å². The summed E-state index contributed by atoms with van der Waals surface area (Å²) >= 11 is 0. The number of rotatable bonds is 3. The Morgan fingerprint density at radius 3 is 2.38 bits per heavy atom. The topological polar surface area (TPSA) is 86.2 Å². The zero-order valence-electron chi connectivity index (χ0n) is 6.77. The molecule has 5 heteroatoms. The fraction of sp³-hybridized carbons (Fsp3) is 0.125. The van der Waals surface area contributed by atoms with Crippen molar-refractivity contribution >= 4 is 11.5 Å². The van der Waals surface area contributed by atoms with Crippen LogP contribution >= 0.6 is 0 Å². The van der Waals surface area contributed by atoms with Crippen molar-refractivity contribution < 1.29 is 9.72 Å². The summed E-state index contributed by atoms with van der Waals surface area (Å²) in [7, 11) is 0. The first kappa shape index (κ1) is 9.18. The number of nitrogens with zero attached hydrogens (tertiary/aromatic N) is 1. The number of nitro groups is 1. The van der Waals surface area contributed by atoms with Crippen LogP contribution < -0.4 is 5.73 Å². The highest BCUT2D eigenvalue weighted by atomic mass is 16.6. The van der Waals surface area contributed by atoms with Gasteiger partial charge in [0.1, 0.15) is 0 Å². The van der Waals surface area contributed by atoms with Gasteiger partial charge in [0.25, 0.3) is 6.54 Å². The minimum Gasteiger partial charge on any atom is -0.399 e. The second kappa shape index (κ2) is 3.66. The molecule has 0 amide bonds. The van der Waals surface area contributed by atoms with E-state index in [2.05, 4.69) is 0 Å². The molecule has 0 aromatic heterocycles. The summed E-state index contributed by atoms with van der Waals surface area (Å²) in [6.07, 6.45) is 0. The van der Waals surface area contributed by atoms with Gasteiger partial charge >= 0.3 is 0 Å². The molecule has 0 fully saturated rings. The molecule has 0 aliphatic rings. The Hall–Kier alpha value is -1.91. The first-order valence-electron chi connectivity index (χ1n) is 3.60. The molecule has 0 spiro atoms. The molecule has 0 bridgehead atoms. The van der Waals surface area contributed by atoms with Gasteiger partial charge < -0.3 is 5.73 Å². The Balaban J connectivity index is 2.78.